The molecule has 0 saturated heterocycles. The molecule has 0 amide bonds. The first kappa shape index (κ1) is 14.6. The molecule has 108 valence electrons. The number of sulfonamides is 1. The quantitative estimate of drug-likeness (QED) is 0.802. The molecule has 2 rings (SSSR count). The van der Waals surface area contributed by atoms with Gasteiger partial charge < -0.3 is 10.3 Å². The topological polar surface area (TPSA) is 103 Å². The van der Waals surface area contributed by atoms with E-state index in [4.69, 9.17) is 5.73 Å². The van der Waals surface area contributed by atoms with Crippen LogP contribution in [0.2, 0.25) is 0 Å². The molecule has 9 heteroatoms. The maximum atomic E-state index is 13.3. The molecule has 0 aliphatic carbocycles. The summed E-state index contributed by atoms with van der Waals surface area (Å²) in [4.78, 5) is -0.0403. The molecule has 0 aliphatic heterocycles. The van der Waals surface area contributed by atoms with Crippen LogP contribution in [-0.2, 0) is 30.2 Å². The number of nitrogens with one attached hydrogen (secondary N) is 1. The number of aromatic nitrogens is 3. The van der Waals surface area contributed by atoms with Crippen LogP contribution in [0.25, 0.3) is 0 Å². The second-order valence-electron chi connectivity index (χ2n) is 4.14. The summed E-state index contributed by atoms with van der Waals surface area (Å²) >= 11 is 0. The van der Waals surface area contributed by atoms with Gasteiger partial charge in [-0.1, -0.05) is 0 Å². The van der Waals surface area contributed by atoms with Crippen molar-refractivity contribution in [2.24, 2.45) is 12.8 Å². The van der Waals surface area contributed by atoms with Crippen LogP contribution in [0.4, 0.5) is 4.39 Å². The molecule has 7 nitrogen and oxygen atoms in total. The van der Waals surface area contributed by atoms with E-state index in [2.05, 4.69) is 14.9 Å². The van der Waals surface area contributed by atoms with Gasteiger partial charge in [0.05, 0.1) is 11.4 Å². The van der Waals surface area contributed by atoms with E-state index < -0.39 is 15.8 Å². The standard InChI is InChI=1S/C11H14FN5O2S/c1-17-7-14-16-11(17)6-15-20(18,19)9-2-3-10(12)8(4-9)5-13/h2-4,7,15H,5-6,13H2,1H3. The van der Waals surface area contributed by atoms with Gasteiger partial charge in [0, 0.05) is 19.2 Å². The smallest absolute Gasteiger partial charge is 0.240 e. The molecule has 0 atom stereocenters. The number of halogens is 1. The molecule has 0 bridgehead atoms. The molecule has 0 saturated carbocycles. The van der Waals surface area contributed by atoms with Crippen molar-refractivity contribution in [2.45, 2.75) is 18.0 Å². The Bertz CT molecular complexity index is 713. The molecule has 0 aliphatic rings. The van der Waals surface area contributed by atoms with Gasteiger partial charge in [-0.05, 0) is 18.2 Å². The maximum Gasteiger partial charge on any atom is 0.240 e. The SMILES string of the molecule is Cn1cnnc1CNS(=O)(=O)c1ccc(F)c(CN)c1. The van der Waals surface area contributed by atoms with E-state index in [1.807, 2.05) is 0 Å². The third-order valence-corrected chi connectivity index (χ3v) is 4.17. The highest BCUT2D eigenvalue weighted by Crippen LogP contribution is 2.14. The highest BCUT2D eigenvalue weighted by Gasteiger charge is 2.16. The van der Waals surface area contributed by atoms with Crippen molar-refractivity contribution in [1.29, 1.82) is 0 Å². The number of hydrogen-bond donors (Lipinski definition) is 2. The Labute approximate surface area is 115 Å². The Morgan fingerprint density at radius 1 is 1.45 bits per heavy atom. The zero-order valence-corrected chi connectivity index (χ0v) is 11.6. The predicted molar refractivity (Wildman–Crippen MR) is 69.3 cm³/mol. The van der Waals surface area contributed by atoms with Gasteiger partial charge in [0.15, 0.2) is 0 Å². The molecule has 1 heterocycles. The van der Waals surface area contributed by atoms with Gasteiger partial charge in [0.2, 0.25) is 10.0 Å². The largest absolute Gasteiger partial charge is 0.326 e. The predicted octanol–water partition coefficient (Wildman–Crippen LogP) is -0.109. The van der Waals surface area contributed by atoms with E-state index >= 15 is 0 Å². The van der Waals surface area contributed by atoms with Gasteiger partial charge >= 0.3 is 0 Å². The van der Waals surface area contributed by atoms with Gasteiger partial charge in [-0.15, -0.1) is 10.2 Å². The monoisotopic (exact) mass is 299 g/mol. The lowest BCUT2D eigenvalue weighted by Gasteiger charge is -2.08. The first-order chi connectivity index (χ1) is 9.44. The molecule has 20 heavy (non-hydrogen) atoms. The highest BCUT2D eigenvalue weighted by atomic mass is 32.2. The second kappa shape index (κ2) is 5.65. The van der Waals surface area contributed by atoms with E-state index in [9.17, 15) is 12.8 Å². The number of rotatable bonds is 5. The lowest BCUT2D eigenvalue weighted by Crippen LogP contribution is -2.25. The molecule has 1 aromatic carbocycles. The average molecular weight is 299 g/mol. The molecular weight excluding hydrogens is 285 g/mol. The summed E-state index contributed by atoms with van der Waals surface area (Å²) in [6.45, 7) is -0.0767. The molecule has 2 aromatic rings. The Kier molecular flexibility index (Phi) is 4.12. The minimum Gasteiger partial charge on any atom is -0.326 e. The zero-order chi connectivity index (χ0) is 14.8. The summed E-state index contributed by atoms with van der Waals surface area (Å²) in [6.07, 6.45) is 1.47. The van der Waals surface area contributed by atoms with Crippen molar-refractivity contribution in [3.63, 3.8) is 0 Å². The average Bonchev–Trinajstić information content (AvgIpc) is 2.82. The van der Waals surface area contributed by atoms with Crippen molar-refractivity contribution in [2.75, 3.05) is 0 Å². The third-order valence-electron chi connectivity index (χ3n) is 2.77. The Hall–Kier alpha value is -1.84. The second-order valence-corrected chi connectivity index (χ2v) is 5.91. The molecule has 0 fully saturated rings. The first-order valence-electron chi connectivity index (χ1n) is 5.75. The molecular formula is C11H14FN5O2S. The highest BCUT2D eigenvalue weighted by molar-refractivity contribution is 7.89. The first-order valence-corrected chi connectivity index (χ1v) is 7.23. The Morgan fingerprint density at radius 3 is 2.80 bits per heavy atom. The summed E-state index contributed by atoms with van der Waals surface area (Å²) < 4.78 is 41.4. The summed E-state index contributed by atoms with van der Waals surface area (Å²) in [7, 11) is -2.05. The van der Waals surface area contributed by atoms with Crippen molar-refractivity contribution in [1.82, 2.24) is 19.5 Å². The van der Waals surface area contributed by atoms with Gasteiger partial charge in [0.25, 0.3) is 0 Å². The Balaban J connectivity index is 2.20. The van der Waals surface area contributed by atoms with Crippen LogP contribution in [0.5, 0.6) is 0 Å². The fourth-order valence-corrected chi connectivity index (χ4v) is 2.62. The lowest BCUT2D eigenvalue weighted by molar-refractivity contribution is 0.575. The van der Waals surface area contributed by atoms with Crippen LogP contribution < -0.4 is 10.5 Å². The molecule has 0 radical (unpaired) electrons. The van der Waals surface area contributed by atoms with E-state index in [1.165, 1.54) is 18.5 Å². The van der Waals surface area contributed by atoms with Crippen LogP contribution in [0.15, 0.2) is 29.4 Å². The van der Waals surface area contributed by atoms with Gasteiger partial charge in [-0.25, -0.2) is 17.5 Å². The zero-order valence-electron chi connectivity index (χ0n) is 10.7. The number of hydrogen-bond acceptors (Lipinski definition) is 5. The van der Waals surface area contributed by atoms with E-state index in [1.54, 1.807) is 11.6 Å². The lowest BCUT2D eigenvalue weighted by atomic mass is 10.2. The van der Waals surface area contributed by atoms with Crippen molar-refractivity contribution in [3.05, 3.63) is 41.7 Å². The molecule has 3 N–H and O–H groups in total. The minimum absolute atomic E-state index is 0.00579. The van der Waals surface area contributed by atoms with Gasteiger partial charge in [-0.2, -0.15) is 0 Å². The fourth-order valence-electron chi connectivity index (χ4n) is 1.58. The minimum atomic E-state index is -3.76. The summed E-state index contributed by atoms with van der Waals surface area (Å²) in [5.74, 6) is -0.0607. The van der Waals surface area contributed by atoms with Crippen molar-refractivity contribution < 1.29 is 12.8 Å². The van der Waals surface area contributed by atoms with Gasteiger partial charge in [-0.3, -0.25) is 0 Å². The Morgan fingerprint density at radius 2 is 2.20 bits per heavy atom. The number of nitrogens with zero attached hydrogens (tertiary/aromatic N) is 3. The molecule has 1 aromatic heterocycles. The number of nitrogens with two attached hydrogens (primary N) is 1. The van der Waals surface area contributed by atoms with Crippen molar-refractivity contribution >= 4 is 10.0 Å². The van der Waals surface area contributed by atoms with Crippen LogP contribution in [-0.4, -0.2) is 23.2 Å². The van der Waals surface area contributed by atoms with Crippen LogP contribution in [0.1, 0.15) is 11.4 Å². The molecule has 0 unspecified atom stereocenters. The van der Waals surface area contributed by atoms with Crippen molar-refractivity contribution in [3.8, 4) is 0 Å². The maximum absolute atomic E-state index is 13.3. The van der Waals surface area contributed by atoms with Gasteiger partial charge in [0.1, 0.15) is 18.0 Å². The van der Waals surface area contributed by atoms with Crippen LogP contribution in [0.3, 0.4) is 0 Å². The summed E-state index contributed by atoms with van der Waals surface area (Å²) in [5.41, 5.74) is 5.50. The molecule has 0 spiro atoms. The van der Waals surface area contributed by atoms with E-state index in [0.717, 1.165) is 6.07 Å². The van der Waals surface area contributed by atoms with Crippen LogP contribution >= 0.6 is 0 Å². The third kappa shape index (κ3) is 3.00. The number of aryl methyl sites for hydroxylation is 1. The van der Waals surface area contributed by atoms with E-state index in [-0.39, 0.29) is 23.5 Å². The normalized spacial score (nSPS) is 11.8. The number of benzene rings is 1. The summed E-state index contributed by atoms with van der Waals surface area (Å²) in [6, 6.07) is 3.49. The van der Waals surface area contributed by atoms with Crippen LogP contribution in [0, 0.1) is 5.82 Å². The van der Waals surface area contributed by atoms with E-state index in [0.29, 0.717) is 5.82 Å². The fraction of sp³-hybridized carbons (Fsp3) is 0.273. The summed E-state index contributed by atoms with van der Waals surface area (Å²) in [5, 5.41) is 7.41.